The van der Waals surface area contributed by atoms with Crippen LogP contribution < -0.4 is 10.1 Å². The molecule has 3 rings (SSSR count). The van der Waals surface area contributed by atoms with E-state index in [2.05, 4.69) is 15.3 Å². The van der Waals surface area contributed by atoms with Crippen molar-refractivity contribution >= 4 is 5.91 Å². The van der Waals surface area contributed by atoms with Gasteiger partial charge in [0.05, 0.1) is 36.9 Å². The number of aliphatic hydroxyl groups excluding tert-OH is 1. The second kappa shape index (κ2) is 4.97. The highest BCUT2D eigenvalue weighted by Gasteiger charge is 2.21. The molecular weight excluding hydrogens is 258 g/mol. The van der Waals surface area contributed by atoms with Crippen molar-refractivity contribution in [1.82, 2.24) is 15.3 Å². The maximum atomic E-state index is 11.8. The molecule has 6 heteroatoms. The number of amides is 1. The Hall–Kier alpha value is -2.34. The van der Waals surface area contributed by atoms with E-state index in [0.717, 1.165) is 23.4 Å². The molecule has 0 aliphatic carbocycles. The monoisotopic (exact) mass is 273 g/mol. The maximum absolute atomic E-state index is 11.8. The number of ether oxygens (including phenoxy) is 1. The summed E-state index contributed by atoms with van der Waals surface area (Å²) in [6.45, 7) is 0.499. The molecule has 6 nitrogen and oxygen atoms in total. The molecule has 0 unspecified atom stereocenters. The molecule has 0 radical (unpaired) electrons. The third kappa shape index (κ3) is 2.04. The lowest BCUT2D eigenvalue weighted by Crippen LogP contribution is -2.31. The van der Waals surface area contributed by atoms with Gasteiger partial charge in [-0.15, -0.1) is 0 Å². The number of aromatic amines is 1. The van der Waals surface area contributed by atoms with E-state index in [0.29, 0.717) is 23.6 Å². The van der Waals surface area contributed by atoms with Crippen LogP contribution in [0.4, 0.5) is 0 Å². The third-order valence-electron chi connectivity index (χ3n) is 3.40. The number of nitrogens with one attached hydrogen (secondary N) is 2. The van der Waals surface area contributed by atoms with Crippen molar-refractivity contribution in [2.75, 3.05) is 13.7 Å². The quantitative estimate of drug-likeness (QED) is 0.774. The van der Waals surface area contributed by atoms with Crippen LogP contribution in [-0.4, -0.2) is 34.6 Å². The van der Waals surface area contributed by atoms with Crippen molar-refractivity contribution in [2.24, 2.45) is 0 Å². The molecule has 3 heterocycles. The summed E-state index contributed by atoms with van der Waals surface area (Å²) in [5.41, 5.74) is 3.72. The minimum atomic E-state index is -0.141. The summed E-state index contributed by atoms with van der Waals surface area (Å²) in [7, 11) is 1.56. The first-order valence-electron chi connectivity index (χ1n) is 6.37. The largest absolute Gasteiger partial charge is 0.494 e. The van der Waals surface area contributed by atoms with Gasteiger partial charge in [0, 0.05) is 24.2 Å². The standard InChI is InChI=1S/C14H15N3O3/c1-20-13-6-16-8(7-18)4-9(13)12-5-10-11(17-12)2-3-15-14(10)19/h4-6,17-18H,2-3,7H2,1H3,(H,15,19). The zero-order valence-electron chi connectivity index (χ0n) is 11.1. The van der Waals surface area contributed by atoms with Gasteiger partial charge in [-0.25, -0.2) is 0 Å². The number of nitrogens with zero attached hydrogens (tertiary/aromatic N) is 1. The van der Waals surface area contributed by atoms with Gasteiger partial charge < -0.3 is 20.1 Å². The number of hydrogen-bond acceptors (Lipinski definition) is 4. The molecule has 1 aliphatic rings. The van der Waals surface area contributed by atoms with Crippen LogP contribution in [0.1, 0.15) is 21.7 Å². The number of fused-ring (bicyclic) bond motifs is 1. The first-order chi connectivity index (χ1) is 9.72. The van der Waals surface area contributed by atoms with Crippen LogP contribution in [0.2, 0.25) is 0 Å². The number of aliphatic hydroxyl groups is 1. The van der Waals surface area contributed by atoms with Crippen molar-refractivity contribution in [3.8, 4) is 17.0 Å². The molecule has 0 saturated carbocycles. The average molecular weight is 273 g/mol. The van der Waals surface area contributed by atoms with E-state index < -0.39 is 0 Å². The predicted octanol–water partition coefficient (Wildman–Crippen LogP) is 0.863. The lowest BCUT2D eigenvalue weighted by molar-refractivity contribution is 0.0946. The summed E-state index contributed by atoms with van der Waals surface area (Å²) in [5, 5.41) is 12.0. The van der Waals surface area contributed by atoms with Crippen molar-refractivity contribution in [3.63, 3.8) is 0 Å². The Morgan fingerprint density at radius 1 is 1.40 bits per heavy atom. The second-order valence-corrected chi connectivity index (χ2v) is 4.62. The van der Waals surface area contributed by atoms with Crippen LogP contribution in [0.15, 0.2) is 18.3 Å². The van der Waals surface area contributed by atoms with Crippen LogP contribution >= 0.6 is 0 Å². The van der Waals surface area contributed by atoms with Gasteiger partial charge in [0.2, 0.25) is 0 Å². The Bertz CT molecular complexity index is 664. The number of carbonyl (C=O) groups is 1. The molecule has 3 N–H and O–H groups in total. The number of hydrogen-bond donors (Lipinski definition) is 3. The van der Waals surface area contributed by atoms with Crippen molar-refractivity contribution < 1.29 is 14.6 Å². The van der Waals surface area contributed by atoms with E-state index in [-0.39, 0.29) is 12.5 Å². The molecule has 0 fully saturated rings. The smallest absolute Gasteiger partial charge is 0.253 e. The molecule has 2 aromatic heterocycles. The summed E-state index contributed by atoms with van der Waals surface area (Å²) in [6.07, 6.45) is 2.35. The molecule has 104 valence electrons. The first kappa shape index (κ1) is 12.7. The van der Waals surface area contributed by atoms with E-state index in [1.165, 1.54) is 0 Å². The third-order valence-corrected chi connectivity index (χ3v) is 3.40. The molecule has 0 spiro atoms. The van der Waals surface area contributed by atoms with E-state index >= 15 is 0 Å². The molecule has 0 saturated heterocycles. The number of rotatable bonds is 3. The summed E-state index contributed by atoms with van der Waals surface area (Å²) in [5.74, 6) is 0.533. The highest BCUT2D eigenvalue weighted by molar-refractivity contribution is 5.98. The van der Waals surface area contributed by atoms with Gasteiger partial charge in [0.15, 0.2) is 0 Å². The molecule has 0 atom stereocenters. The molecule has 2 aromatic rings. The summed E-state index contributed by atoms with van der Waals surface area (Å²) >= 11 is 0. The minimum absolute atomic E-state index is 0.0656. The van der Waals surface area contributed by atoms with Crippen LogP contribution in [0.3, 0.4) is 0 Å². The predicted molar refractivity (Wildman–Crippen MR) is 72.5 cm³/mol. The van der Waals surface area contributed by atoms with Crippen LogP contribution in [0.25, 0.3) is 11.3 Å². The number of pyridine rings is 1. The van der Waals surface area contributed by atoms with Crippen molar-refractivity contribution in [3.05, 3.63) is 35.3 Å². The van der Waals surface area contributed by atoms with Gasteiger partial charge in [-0.05, 0) is 12.1 Å². The van der Waals surface area contributed by atoms with Gasteiger partial charge in [-0.2, -0.15) is 0 Å². The van der Waals surface area contributed by atoms with E-state index in [1.807, 2.05) is 6.07 Å². The SMILES string of the molecule is COc1cnc(CO)cc1-c1cc2c([nH]1)CCNC2=O. The Kier molecular flexibility index (Phi) is 3.15. The van der Waals surface area contributed by atoms with E-state index in [1.54, 1.807) is 19.4 Å². The lowest BCUT2D eigenvalue weighted by atomic mass is 10.1. The number of carbonyl (C=O) groups excluding carboxylic acids is 1. The first-order valence-corrected chi connectivity index (χ1v) is 6.37. The molecular formula is C14H15N3O3. The Balaban J connectivity index is 2.11. The highest BCUT2D eigenvalue weighted by atomic mass is 16.5. The Morgan fingerprint density at radius 2 is 2.25 bits per heavy atom. The fourth-order valence-corrected chi connectivity index (χ4v) is 2.38. The van der Waals surface area contributed by atoms with Gasteiger partial charge in [0.25, 0.3) is 5.91 Å². The van der Waals surface area contributed by atoms with Crippen LogP contribution in [0.5, 0.6) is 5.75 Å². The normalized spacial score (nSPS) is 13.8. The zero-order chi connectivity index (χ0) is 14.1. The maximum Gasteiger partial charge on any atom is 0.253 e. The molecule has 20 heavy (non-hydrogen) atoms. The molecule has 1 aliphatic heterocycles. The zero-order valence-corrected chi connectivity index (χ0v) is 11.1. The molecule has 1 amide bonds. The molecule has 0 bridgehead atoms. The minimum Gasteiger partial charge on any atom is -0.494 e. The fourth-order valence-electron chi connectivity index (χ4n) is 2.38. The second-order valence-electron chi connectivity index (χ2n) is 4.62. The van der Waals surface area contributed by atoms with Gasteiger partial charge >= 0.3 is 0 Å². The Labute approximate surface area is 115 Å². The summed E-state index contributed by atoms with van der Waals surface area (Å²) < 4.78 is 5.29. The van der Waals surface area contributed by atoms with E-state index in [9.17, 15) is 9.90 Å². The topological polar surface area (TPSA) is 87.2 Å². The molecule has 0 aromatic carbocycles. The van der Waals surface area contributed by atoms with E-state index in [4.69, 9.17) is 4.74 Å². The van der Waals surface area contributed by atoms with Gasteiger partial charge in [-0.1, -0.05) is 0 Å². The van der Waals surface area contributed by atoms with Gasteiger partial charge in [0.1, 0.15) is 5.75 Å². The summed E-state index contributed by atoms with van der Waals surface area (Å²) in [6, 6.07) is 3.57. The highest BCUT2D eigenvalue weighted by Crippen LogP contribution is 2.31. The van der Waals surface area contributed by atoms with Crippen molar-refractivity contribution in [2.45, 2.75) is 13.0 Å². The lowest BCUT2D eigenvalue weighted by Gasteiger charge is -2.11. The van der Waals surface area contributed by atoms with Gasteiger partial charge in [-0.3, -0.25) is 9.78 Å². The van der Waals surface area contributed by atoms with Crippen LogP contribution in [0, 0.1) is 0 Å². The van der Waals surface area contributed by atoms with Crippen molar-refractivity contribution in [1.29, 1.82) is 0 Å². The fraction of sp³-hybridized carbons (Fsp3) is 0.286. The van der Waals surface area contributed by atoms with Crippen LogP contribution in [-0.2, 0) is 13.0 Å². The number of aromatic nitrogens is 2. The Morgan fingerprint density at radius 3 is 2.95 bits per heavy atom. The summed E-state index contributed by atoms with van der Waals surface area (Å²) in [4.78, 5) is 19.1. The number of methoxy groups -OCH3 is 1. The number of H-pyrrole nitrogens is 1. The average Bonchev–Trinajstić information content (AvgIpc) is 2.92.